The van der Waals surface area contributed by atoms with Gasteiger partial charge in [0, 0.05) is 21.6 Å². The Morgan fingerprint density at radius 2 is 1.87 bits per heavy atom. The number of aromatic hydroxyl groups is 1. The van der Waals surface area contributed by atoms with Gasteiger partial charge >= 0.3 is 0 Å². The summed E-state index contributed by atoms with van der Waals surface area (Å²) in [5.74, 6) is 0.320. The fourth-order valence-electron chi connectivity index (χ4n) is 1.54. The van der Waals surface area contributed by atoms with Gasteiger partial charge in [-0.1, -0.05) is 36.7 Å². The van der Waals surface area contributed by atoms with Gasteiger partial charge in [-0.05, 0) is 24.5 Å². The van der Waals surface area contributed by atoms with Crippen LogP contribution < -0.4 is 5.73 Å². The molecule has 2 nitrogen and oxygen atoms in total. The van der Waals surface area contributed by atoms with Crippen LogP contribution in [0.2, 0.25) is 0 Å². The molecule has 3 N–H and O–H groups in total. The number of hydrogen-bond donors (Lipinski definition) is 2. The highest BCUT2D eigenvalue weighted by atomic mass is 79.9. The predicted octanol–water partition coefficient (Wildman–Crippen LogP) is 3.47. The molecule has 3 heteroatoms. The van der Waals surface area contributed by atoms with E-state index in [0.29, 0.717) is 5.75 Å². The first-order valence-corrected chi connectivity index (χ1v) is 5.81. The first-order valence-electron chi connectivity index (χ1n) is 5.02. The van der Waals surface area contributed by atoms with E-state index in [4.69, 9.17) is 5.73 Å². The molecule has 0 radical (unpaired) electrons. The fraction of sp³-hybridized carbons (Fsp3) is 0.500. The minimum absolute atomic E-state index is 0.0858. The summed E-state index contributed by atoms with van der Waals surface area (Å²) in [5.41, 5.74) is 7.44. The molecule has 0 fully saturated rings. The first kappa shape index (κ1) is 12.5. The molecular weight excluding hydrogens is 254 g/mol. The molecule has 1 atom stereocenters. The van der Waals surface area contributed by atoms with Crippen molar-refractivity contribution in [1.82, 2.24) is 0 Å². The third kappa shape index (κ3) is 2.73. The molecule has 0 aliphatic rings. The quantitative estimate of drug-likeness (QED) is 0.822. The molecule has 0 aliphatic heterocycles. The van der Waals surface area contributed by atoms with E-state index in [1.54, 1.807) is 0 Å². The van der Waals surface area contributed by atoms with E-state index in [1.165, 1.54) is 0 Å². The Morgan fingerprint density at radius 3 is 2.27 bits per heavy atom. The van der Waals surface area contributed by atoms with Gasteiger partial charge in [-0.25, -0.2) is 0 Å². The van der Waals surface area contributed by atoms with Crippen molar-refractivity contribution >= 4 is 15.9 Å². The number of halogens is 1. The van der Waals surface area contributed by atoms with E-state index in [-0.39, 0.29) is 11.5 Å². The number of rotatable bonds is 1. The highest BCUT2D eigenvalue weighted by Crippen LogP contribution is 2.37. The van der Waals surface area contributed by atoms with Gasteiger partial charge in [0.1, 0.15) is 5.75 Å². The second-order valence-electron chi connectivity index (χ2n) is 4.93. The van der Waals surface area contributed by atoms with Crippen LogP contribution in [0.3, 0.4) is 0 Å². The van der Waals surface area contributed by atoms with E-state index >= 15 is 0 Å². The third-order valence-corrected chi connectivity index (χ3v) is 2.86. The normalized spacial score (nSPS) is 14.0. The Hall–Kier alpha value is -0.540. The summed E-state index contributed by atoms with van der Waals surface area (Å²) in [4.78, 5) is 0. The smallest absolute Gasteiger partial charge is 0.124 e. The average molecular weight is 272 g/mol. The Labute approximate surface area is 99.6 Å². The maximum atomic E-state index is 10.1. The van der Waals surface area contributed by atoms with Crippen LogP contribution in [0, 0.1) is 0 Å². The predicted molar refractivity (Wildman–Crippen MR) is 67.1 cm³/mol. The third-order valence-electron chi connectivity index (χ3n) is 2.40. The molecule has 0 heterocycles. The molecule has 1 aromatic rings. The number of nitrogens with two attached hydrogens (primary N) is 1. The Kier molecular flexibility index (Phi) is 3.46. The van der Waals surface area contributed by atoms with Gasteiger partial charge in [0.05, 0.1) is 0 Å². The lowest BCUT2D eigenvalue weighted by Gasteiger charge is -2.23. The monoisotopic (exact) mass is 271 g/mol. The van der Waals surface area contributed by atoms with Gasteiger partial charge in [-0.2, -0.15) is 0 Å². The molecule has 84 valence electrons. The molecule has 0 saturated heterocycles. The zero-order chi connectivity index (χ0) is 11.8. The molecular formula is C12H18BrNO. The van der Waals surface area contributed by atoms with Crippen molar-refractivity contribution in [3.63, 3.8) is 0 Å². The van der Waals surface area contributed by atoms with E-state index in [0.717, 1.165) is 15.6 Å². The van der Waals surface area contributed by atoms with Crippen LogP contribution in [0.5, 0.6) is 5.75 Å². The van der Waals surface area contributed by atoms with Crippen molar-refractivity contribution in [2.45, 2.75) is 39.2 Å². The van der Waals surface area contributed by atoms with E-state index < -0.39 is 0 Å². The van der Waals surface area contributed by atoms with Crippen molar-refractivity contribution in [2.75, 3.05) is 0 Å². The van der Waals surface area contributed by atoms with Gasteiger partial charge in [0.2, 0.25) is 0 Å². The SMILES string of the molecule is CC(N)c1cc(Br)cc(C(C)(C)C)c1O. The molecule has 15 heavy (non-hydrogen) atoms. The second-order valence-corrected chi connectivity index (χ2v) is 5.85. The summed E-state index contributed by atoms with van der Waals surface area (Å²) in [6, 6.07) is 3.65. The summed E-state index contributed by atoms with van der Waals surface area (Å²) < 4.78 is 0.956. The summed E-state index contributed by atoms with van der Waals surface area (Å²) in [7, 11) is 0. The topological polar surface area (TPSA) is 46.2 Å². The van der Waals surface area contributed by atoms with Crippen molar-refractivity contribution in [3.05, 3.63) is 27.7 Å². The van der Waals surface area contributed by atoms with Crippen LogP contribution in [0.1, 0.15) is 44.9 Å². The zero-order valence-electron chi connectivity index (χ0n) is 9.63. The summed E-state index contributed by atoms with van der Waals surface area (Å²) >= 11 is 3.44. The molecule has 1 unspecified atom stereocenters. The molecule has 0 amide bonds. The van der Waals surface area contributed by atoms with Crippen LogP contribution in [-0.4, -0.2) is 5.11 Å². The molecule has 0 aromatic heterocycles. The van der Waals surface area contributed by atoms with Crippen molar-refractivity contribution in [1.29, 1.82) is 0 Å². The maximum Gasteiger partial charge on any atom is 0.124 e. The Morgan fingerprint density at radius 1 is 1.33 bits per heavy atom. The van der Waals surface area contributed by atoms with Gasteiger partial charge in [0.25, 0.3) is 0 Å². The Bertz CT molecular complexity index is 367. The van der Waals surface area contributed by atoms with Gasteiger partial charge in [-0.15, -0.1) is 0 Å². The highest BCUT2D eigenvalue weighted by molar-refractivity contribution is 9.10. The van der Waals surface area contributed by atoms with Crippen molar-refractivity contribution in [2.24, 2.45) is 5.73 Å². The van der Waals surface area contributed by atoms with E-state index in [2.05, 4.69) is 36.7 Å². The first-order chi connectivity index (χ1) is 6.73. The van der Waals surface area contributed by atoms with Crippen LogP contribution in [0.25, 0.3) is 0 Å². The fourth-order valence-corrected chi connectivity index (χ4v) is 2.01. The second kappa shape index (κ2) is 4.14. The minimum Gasteiger partial charge on any atom is -0.507 e. The molecule has 0 spiro atoms. The Balaban J connectivity index is 3.42. The number of hydrogen-bond acceptors (Lipinski definition) is 2. The lowest BCUT2D eigenvalue weighted by atomic mass is 9.84. The summed E-state index contributed by atoms with van der Waals surface area (Å²) in [6.45, 7) is 8.08. The number of phenols is 1. The molecule has 0 saturated carbocycles. The maximum absolute atomic E-state index is 10.1. The van der Waals surface area contributed by atoms with Crippen molar-refractivity contribution in [3.8, 4) is 5.75 Å². The van der Waals surface area contributed by atoms with Crippen LogP contribution in [0.15, 0.2) is 16.6 Å². The molecule has 1 rings (SSSR count). The molecule has 1 aromatic carbocycles. The van der Waals surface area contributed by atoms with Crippen LogP contribution in [0.4, 0.5) is 0 Å². The van der Waals surface area contributed by atoms with Crippen molar-refractivity contribution < 1.29 is 5.11 Å². The van der Waals surface area contributed by atoms with Gasteiger partial charge in [0.15, 0.2) is 0 Å². The van der Waals surface area contributed by atoms with Crippen LogP contribution in [-0.2, 0) is 5.41 Å². The van der Waals surface area contributed by atoms with Gasteiger partial charge < -0.3 is 10.8 Å². The van der Waals surface area contributed by atoms with Crippen LogP contribution >= 0.6 is 15.9 Å². The van der Waals surface area contributed by atoms with E-state index in [9.17, 15) is 5.11 Å². The standard InChI is InChI=1S/C12H18BrNO/c1-7(14)9-5-8(13)6-10(11(9)15)12(2,3)4/h5-7,15H,14H2,1-4H3. The largest absolute Gasteiger partial charge is 0.507 e. The number of phenolic OH excluding ortho intramolecular Hbond substituents is 1. The molecule has 0 aliphatic carbocycles. The summed E-state index contributed by atoms with van der Waals surface area (Å²) in [5, 5.41) is 10.1. The van der Waals surface area contributed by atoms with E-state index in [1.807, 2.05) is 19.1 Å². The molecule has 0 bridgehead atoms. The lowest BCUT2D eigenvalue weighted by Crippen LogP contribution is -2.14. The average Bonchev–Trinajstić information content (AvgIpc) is 2.06. The van der Waals surface area contributed by atoms with Gasteiger partial charge in [-0.3, -0.25) is 0 Å². The number of benzene rings is 1. The highest BCUT2D eigenvalue weighted by Gasteiger charge is 2.21. The summed E-state index contributed by atoms with van der Waals surface area (Å²) in [6.07, 6.45) is 0. The minimum atomic E-state index is -0.163. The lowest BCUT2D eigenvalue weighted by molar-refractivity contribution is 0.436. The zero-order valence-corrected chi connectivity index (χ0v) is 11.2.